The van der Waals surface area contributed by atoms with Gasteiger partial charge in [0.05, 0.1) is 27.2 Å². The minimum atomic E-state index is -2.41. The number of quaternary nitrogens is 1. The summed E-state index contributed by atoms with van der Waals surface area (Å²) in [7, 11) is 7.37. The van der Waals surface area contributed by atoms with Crippen molar-refractivity contribution in [2.24, 2.45) is 0 Å². The molecule has 0 amide bonds. The highest BCUT2D eigenvalue weighted by atomic mass is 35.5. The van der Waals surface area contributed by atoms with Gasteiger partial charge in [-0.25, -0.2) is 0 Å². The van der Waals surface area contributed by atoms with Crippen molar-refractivity contribution in [2.45, 2.75) is 109 Å². The van der Waals surface area contributed by atoms with E-state index >= 15 is 0 Å². The first-order valence-electron chi connectivity index (χ1n) is 13.1. The molecule has 32 heavy (non-hydrogen) atoms. The van der Waals surface area contributed by atoms with Crippen molar-refractivity contribution in [3.63, 3.8) is 0 Å². The molecular weight excluding hydrogens is 438 g/mol. The van der Waals surface area contributed by atoms with Crippen LogP contribution >= 0.6 is 0 Å². The van der Waals surface area contributed by atoms with E-state index in [0.29, 0.717) is 0 Å². The number of halogens is 1. The summed E-state index contributed by atoms with van der Waals surface area (Å²) in [6, 6.07) is 0.894. The van der Waals surface area contributed by atoms with Crippen LogP contribution in [0.1, 0.15) is 103 Å². The average molecular weight is 494 g/mol. The molecule has 0 aliphatic rings. The lowest BCUT2D eigenvalue weighted by Crippen LogP contribution is -3.00. The van der Waals surface area contributed by atoms with E-state index in [-0.39, 0.29) is 12.4 Å². The van der Waals surface area contributed by atoms with Gasteiger partial charge >= 0.3 is 8.80 Å². The van der Waals surface area contributed by atoms with Crippen molar-refractivity contribution >= 4 is 8.80 Å². The number of hydrogen-bond acceptors (Lipinski definition) is 3. The predicted octanol–water partition coefficient (Wildman–Crippen LogP) is 4.37. The highest BCUT2D eigenvalue weighted by molar-refractivity contribution is 6.60. The van der Waals surface area contributed by atoms with Gasteiger partial charge < -0.3 is 30.2 Å². The molecule has 0 fully saturated rings. The van der Waals surface area contributed by atoms with Gasteiger partial charge in [-0.05, 0) is 38.5 Å². The smallest absolute Gasteiger partial charge is 0.500 e. The van der Waals surface area contributed by atoms with Crippen molar-refractivity contribution in [2.75, 3.05) is 48.5 Å². The maximum Gasteiger partial charge on any atom is 0.500 e. The molecule has 0 aliphatic carbocycles. The summed E-state index contributed by atoms with van der Waals surface area (Å²) in [5.41, 5.74) is 0. The van der Waals surface area contributed by atoms with Gasteiger partial charge in [-0.2, -0.15) is 0 Å². The second-order valence-corrected chi connectivity index (χ2v) is 12.8. The van der Waals surface area contributed by atoms with E-state index < -0.39 is 8.80 Å². The van der Waals surface area contributed by atoms with Crippen LogP contribution in [0, 0.1) is 0 Å². The molecule has 0 spiro atoms. The first-order valence-corrected chi connectivity index (χ1v) is 15.0. The standard InChI is InChI=1S/C26H56NO3Si.ClH/c1-7-8-9-10-11-12-13-14-15-16-17-18-19-20-21-22-24-27(2,3)25-23-26-31(28-4,29-5)30-6;/h14-15H,7-13,16-26H2,1-6H3;1H/q+1;/p-1. The summed E-state index contributed by atoms with van der Waals surface area (Å²) >= 11 is 0. The highest BCUT2D eigenvalue weighted by Crippen LogP contribution is 2.17. The summed E-state index contributed by atoms with van der Waals surface area (Å²) in [5.74, 6) is 0. The summed E-state index contributed by atoms with van der Waals surface area (Å²) in [6.45, 7) is 4.69. The Labute approximate surface area is 208 Å². The second kappa shape index (κ2) is 22.9. The SMILES string of the molecule is CCCCCCCCC=CCCCCCCCC[N+](C)(C)CCC[Si](OC)(OC)OC.[Cl-]. The molecule has 0 heterocycles. The molecule has 0 aliphatic heterocycles. The highest BCUT2D eigenvalue weighted by Gasteiger charge is 2.37. The largest absolute Gasteiger partial charge is 1.00 e. The lowest BCUT2D eigenvalue weighted by molar-refractivity contribution is -0.890. The number of allylic oxidation sites excluding steroid dienone is 2. The van der Waals surface area contributed by atoms with Crippen LogP contribution in [-0.2, 0) is 13.3 Å². The summed E-state index contributed by atoms with van der Waals surface area (Å²) < 4.78 is 17.7. The fraction of sp³-hybridized carbons (Fsp3) is 0.923. The van der Waals surface area contributed by atoms with Crippen LogP contribution in [0.4, 0.5) is 0 Å². The van der Waals surface area contributed by atoms with Gasteiger partial charge in [0.15, 0.2) is 0 Å². The second-order valence-electron chi connectivity index (χ2n) is 9.72. The number of unbranched alkanes of at least 4 members (excludes halogenated alkanes) is 12. The molecule has 0 atom stereocenters. The monoisotopic (exact) mass is 493 g/mol. The van der Waals surface area contributed by atoms with Crippen molar-refractivity contribution in [1.29, 1.82) is 0 Å². The Morgan fingerprint density at radius 2 is 1.00 bits per heavy atom. The van der Waals surface area contributed by atoms with Crippen LogP contribution in [0.15, 0.2) is 12.2 Å². The topological polar surface area (TPSA) is 27.7 Å². The third-order valence-electron chi connectivity index (χ3n) is 6.45. The quantitative estimate of drug-likeness (QED) is 0.0915. The van der Waals surface area contributed by atoms with Crippen molar-refractivity contribution in [1.82, 2.24) is 0 Å². The van der Waals surface area contributed by atoms with Crippen molar-refractivity contribution in [3.8, 4) is 0 Å². The Balaban J connectivity index is 0. The zero-order valence-corrected chi connectivity index (χ0v) is 24.2. The van der Waals surface area contributed by atoms with Gasteiger partial charge in [0.1, 0.15) is 0 Å². The lowest BCUT2D eigenvalue weighted by Gasteiger charge is -2.31. The molecule has 6 heteroatoms. The Bertz CT molecular complexity index is 410. The Morgan fingerprint density at radius 3 is 1.47 bits per heavy atom. The zero-order valence-electron chi connectivity index (χ0n) is 22.4. The minimum absolute atomic E-state index is 0. The maximum absolute atomic E-state index is 5.53. The number of hydrogen-bond donors (Lipinski definition) is 0. The van der Waals surface area contributed by atoms with Crippen molar-refractivity contribution < 1.29 is 30.2 Å². The first-order chi connectivity index (χ1) is 14.9. The average Bonchev–Trinajstić information content (AvgIpc) is 2.76. The van der Waals surface area contributed by atoms with E-state index in [1.165, 1.54) is 96.4 Å². The van der Waals surface area contributed by atoms with E-state index in [1.807, 2.05) is 0 Å². The van der Waals surface area contributed by atoms with E-state index in [1.54, 1.807) is 21.3 Å². The van der Waals surface area contributed by atoms with E-state index in [2.05, 4.69) is 33.2 Å². The van der Waals surface area contributed by atoms with Gasteiger partial charge in [-0.1, -0.05) is 70.4 Å². The molecule has 194 valence electrons. The normalized spacial score (nSPS) is 12.4. The molecule has 0 saturated heterocycles. The molecule has 0 unspecified atom stereocenters. The maximum atomic E-state index is 5.53. The molecule has 0 radical (unpaired) electrons. The van der Waals surface area contributed by atoms with Crippen LogP contribution in [0.5, 0.6) is 0 Å². The molecule has 0 aromatic rings. The van der Waals surface area contributed by atoms with Crippen LogP contribution in [0.2, 0.25) is 6.04 Å². The van der Waals surface area contributed by atoms with Gasteiger partial charge in [0.25, 0.3) is 0 Å². The number of rotatable bonds is 23. The van der Waals surface area contributed by atoms with E-state index in [9.17, 15) is 0 Å². The first kappa shape index (κ1) is 34.3. The molecule has 0 bridgehead atoms. The Hall–Kier alpha value is 0.0869. The van der Waals surface area contributed by atoms with Gasteiger partial charge in [-0.15, -0.1) is 0 Å². The fourth-order valence-corrected chi connectivity index (χ4v) is 5.88. The Morgan fingerprint density at radius 1 is 0.594 bits per heavy atom. The third-order valence-corrected chi connectivity index (χ3v) is 9.29. The lowest BCUT2D eigenvalue weighted by atomic mass is 10.1. The third kappa shape index (κ3) is 19.5. The van der Waals surface area contributed by atoms with Crippen LogP contribution in [0.25, 0.3) is 0 Å². The van der Waals surface area contributed by atoms with Gasteiger partial charge in [0, 0.05) is 33.8 Å². The summed E-state index contributed by atoms with van der Waals surface area (Å²) in [6.07, 6.45) is 25.1. The van der Waals surface area contributed by atoms with Gasteiger partial charge in [0.2, 0.25) is 0 Å². The van der Waals surface area contributed by atoms with Gasteiger partial charge in [-0.3, -0.25) is 0 Å². The zero-order chi connectivity index (χ0) is 23.3. The summed E-state index contributed by atoms with van der Waals surface area (Å²) in [5, 5.41) is 0. The number of nitrogens with zero attached hydrogens (tertiary/aromatic N) is 1. The summed E-state index contributed by atoms with van der Waals surface area (Å²) in [4.78, 5) is 0. The van der Waals surface area contributed by atoms with E-state index in [0.717, 1.165) is 23.5 Å². The molecule has 0 aromatic carbocycles. The van der Waals surface area contributed by atoms with Crippen LogP contribution in [0.3, 0.4) is 0 Å². The Kier molecular flexibility index (Phi) is 24.5. The van der Waals surface area contributed by atoms with Crippen LogP contribution < -0.4 is 12.4 Å². The predicted molar refractivity (Wildman–Crippen MR) is 137 cm³/mol. The molecule has 4 nitrogen and oxygen atoms in total. The van der Waals surface area contributed by atoms with E-state index in [4.69, 9.17) is 13.3 Å². The molecule has 0 rings (SSSR count). The molecular formula is C26H56ClNO3Si. The van der Waals surface area contributed by atoms with Crippen LogP contribution in [-0.4, -0.2) is 61.8 Å². The molecule has 0 N–H and O–H groups in total. The van der Waals surface area contributed by atoms with Crippen molar-refractivity contribution in [3.05, 3.63) is 12.2 Å². The molecule has 0 aromatic heterocycles. The fourth-order valence-electron chi connectivity index (χ4n) is 4.18. The minimum Gasteiger partial charge on any atom is -1.00 e. The molecule has 0 saturated carbocycles.